The third-order valence-electron chi connectivity index (χ3n) is 14.7. The van der Waals surface area contributed by atoms with Gasteiger partial charge in [0.2, 0.25) is 11.8 Å². The largest absolute Gasteiger partial charge is 0.453 e. The number of alkyl halides is 1. The first-order chi connectivity index (χ1) is 44.2. The maximum absolute atomic E-state index is 13.2. The molecule has 2 fully saturated rings. The number of ether oxygens (including phenoxy) is 10. The molecule has 6 unspecified atom stereocenters. The van der Waals surface area contributed by atoms with Gasteiger partial charge in [-0.15, -0.1) is 0 Å². The van der Waals surface area contributed by atoms with Gasteiger partial charge in [0.1, 0.15) is 54.9 Å². The van der Waals surface area contributed by atoms with Gasteiger partial charge in [-0.25, -0.2) is 4.79 Å². The van der Waals surface area contributed by atoms with Crippen LogP contribution in [0.25, 0.3) is 0 Å². The SMILES string of the molecule is CNC(=O)CCBr.CNC(=O)CCCOC[C@@H]1O[C@H](COCc2ccccc2)C(OCc2ccccc2)C(OCc2ccccc2)C1O.O=C(OC1C(OCc2ccccc2)C(OCc2ccccc2)[C@@H](COCc2ccccc2)O[C@H]1CO)c1ccccc1. The first-order valence-electron chi connectivity index (χ1n) is 30.4. The number of aliphatic hydroxyl groups excluding tert-OH is 2. The minimum absolute atomic E-state index is 0.0361. The van der Waals surface area contributed by atoms with Crippen LogP contribution in [0.3, 0.4) is 0 Å². The molecule has 2 heterocycles. The number of benzene rings is 7. The highest BCUT2D eigenvalue weighted by molar-refractivity contribution is 9.09. The van der Waals surface area contributed by atoms with Gasteiger partial charge in [-0.05, 0) is 51.9 Å². The number of halogens is 1. The minimum atomic E-state index is -0.996. The number of amides is 2. The van der Waals surface area contributed by atoms with Gasteiger partial charge >= 0.3 is 5.97 Å². The number of carbonyl (C=O) groups is 3. The molecule has 480 valence electrons. The minimum Gasteiger partial charge on any atom is -0.453 e. The summed E-state index contributed by atoms with van der Waals surface area (Å²) in [6.07, 6.45) is -5.71. The van der Waals surface area contributed by atoms with Crippen molar-refractivity contribution < 1.29 is 72.0 Å². The van der Waals surface area contributed by atoms with Crippen molar-refractivity contribution in [3.05, 3.63) is 251 Å². The van der Waals surface area contributed by atoms with E-state index in [2.05, 4.69) is 26.6 Å². The zero-order valence-corrected chi connectivity index (χ0v) is 52.8. The van der Waals surface area contributed by atoms with E-state index in [-0.39, 0.29) is 44.8 Å². The molecule has 0 spiro atoms. The fourth-order valence-corrected chi connectivity index (χ4v) is 10.3. The second-order valence-electron chi connectivity index (χ2n) is 21.3. The first kappa shape index (κ1) is 70.4. The molecule has 0 aromatic heterocycles. The molecule has 0 aliphatic carbocycles. The quantitative estimate of drug-likeness (QED) is 0.0181. The molecule has 90 heavy (non-hydrogen) atoms. The average Bonchev–Trinajstić information content (AvgIpc) is 0.990. The zero-order chi connectivity index (χ0) is 63.4. The Labute approximate surface area is 537 Å². The van der Waals surface area contributed by atoms with E-state index in [1.54, 1.807) is 38.4 Å². The lowest BCUT2D eigenvalue weighted by molar-refractivity contribution is -0.268. The van der Waals surface area contributed by atoms with Gasteiger partial charge in [-0.1, -0.05) is 216 Å². The lowest BCUT2D eigenvalue weighted by atomic mass is 9.94. The van der Waals surface area contributed by atoms with Crippen LogP contribution >= 0.6 is 15.9 Å². The molecule has 7 aromatic carbocycles. The van der Waals surface area contributed by atoms with E-state index in [4.69, 9.17) is 47.4 Å². The van der Waals surface area contributed by atoms with Crippen molar-refractivity contribution in [3.8, 4) is 0 Å². The molecule has 2 aliphatic heterocycles. The predicted octanol–water partition coefficient (Wildman–Crippen LogP) is 9.92. The Morgan fingerprint density at radius 3 is 1.16 bits per heavy atom. The number of nitrogens with one attached hydrogen (secondary N) is 2. The lowest BCUT2D eigenvalue weighted by Crippen LogP contribution is -2.62. The third-order valence-corrected chi connectivity index (χ3v) is 15.1. The predicted molar refractivity (Wildman–Crippen MR) is 345 cm³/mol. The Morgan fingerprint density at radius 2 is 0.767 bits per heavy atom. The monoisotopic (exact) mass is 1300 g/mol. The van der Waals surface area contributed by atoms with Crippen molar-refractivity contribution in [1.82, 2.24) is 10.6 Å². The topological polar surface area (TPSA) is 208 Å². The van der Waals surface area contributed by atoms with E-state index in [0.29, 0.717) is 64.5 Å². The molecule has 0 bridgehead atoms. The molecule has 7 aromatic rings. The normalized spacial score (nSPS) is 21.1. The highest BCUT2D eigenvalue weighted by atomic mass is 79.9. The summed E-state index contributed by atoms with van der Waals surface area (Å²) in [5.41, 5.74) is 6.41. The fraction of sp³-hybridized carbons (Fsp3) is 0.375. The average molecular weight is 1300 g/mol. The number of carbonyl (C=O) groups excluding carboxylic acids is 3. The summed E-state index contributed by atoms with van der Waals surface area (Å²) in [5, 5.41) is 27.7. The van der Waals surface area contributed by atoms with Crippen molar-refractivity contribution in [2.75, 3.05) is 52.5 Å². The molecule has 2 saturated heterocycles. The van der Waals surface area contributed by atoms with Gasteiger partial charge in [-0.2, -0.15) is 0 Å². The Morgan fingerprint density at radius 1 is 0.422 bits per heavy atom. The number of aliphatic hydroxyl groups is 2. The van der Waals surface area contributed by atoms with Crippen molar-refractivity contribution in [2.24, 2.45) is 0 Å². The number of hydrogen-bond acceptors (Lipinski definition) is 15. The maximum atomic E-state index is 13.2. The highest BCUT2D eigenvalue weighted by Gasteiger charge is 2.50. The Kier molecular flexibility index (Phi) is 31.8. The second kappa shape index (κ2) is 40.7. The van der Waals surface area contributed by atoms with Gasteiger partial charge in [0.15, 0.2) is 6.10 Å². The number of esters is 1. The second-order valence-corrected chi connectivity index (χ2v) is 22.1. The van der Waals surface area contributed by atoms with E-state index in [1.807, 2.05) is 188 Å². The van der Waals surface area contributed by atoms with Gasteiger partial charge in [-0.3, -0.25) is 9.59 Å². The molecular formula is C72H85BrN2O15. The summed E-state index contributed by atoms with van der Waals surface area (Å²) >= 11 is 3.13. The van der Waals surface area contributed by atoms with E-state index in [0.717, 1.165) is 38.7 Å². The van der Waals surface area contributed by atoms with Gasteiger partial charge < -0.3 is 68.2 Å². The van der Waals surface area contributed by atoms with Gasteiger partial charge in [0.25, 0.3) is 0 Å². The molecule has 9 rings (SSSR count). The van der Waals surface area contributed by atoms with Gasteiger partial charge in [0.05, 0.1) is 71.6 Å². The van der Waals surface area contributed by atoms with Crippen LogP contribution in [-0.4, -0.2) is 141 Å². The van der Waals surface area contributed by atoms with Crippen molar-refractivity contribution >= 4 is 33.7 Å². The molecule has 10 atom stereocenters. The summed E-state index contributed by atoms with van der Waals surface area (Å²) in [5.74, 6) is -0.487. The Hall–Kier alpha value is -7.01. The Bertz CT molecular complexity index is 3040. The summed E-state index contributed by atoms with van der Waals surface area (Å²) < 4.78 is 62.5. The van der Waals surface area contributed by atoms with E-state index >= 15 is 0 Å². The summed E-state index contributed by atoms with van der Waals surface area (Å²) in [6.45, 7) is 2.59. The van der Waals surface area contributed by atoms with Crippen LogP contribution in [0, 0.1) is 0 Å². The van der Waals surface area contributed by atoms with Gasteiger partial charge in [0, 0.05) is 38.9 Å². The van der Waals surface area contributed by atoms with Crippen molar-refractivity contribution in [1.29, 1.82) is 0 Å². The van der Waals surface area contributed by atoms with E-state index in [1.165, 1.54) is 0 Å². The van der Waals surface area contributed by atoms with Crippen LogP contribution < -0.4 is 10.6 Å². The molecule has 2 aliphatic rings. The summed E-state index contributed by atoms with van der Waals surface area (Å²) in [7, 11) is 3.24. The standard InChI is InChI=1S/C35H36O7.C33H41NO7.C4H8BrNO/c36-21-30-33(42-35(37)29-19-11-4-12-20-29)34(40-24-28-17-9-3-10-18-28)32(39-23-27-15-7-2-8-16-27)31(41-30)25-38-22-26-13-5-1-6-14-26;1-34-30(35)18-11-19-37-23-28-31(36)33(40-22-27-16-9-4-10-17-27)32(39-21-26-14-7-3-8-15-26)29(41-28)24-38-20-25-12-5-2-6-13-25;1-6-4(7)2-3-5/h1-20,30-34,36H,21-25H2;2-10,12-17,28-29,31-33,36H,11,18-24H2,1H3,(H,34,35);2-3H2,1H3,(H,6,7)/t30-,31+,32?,33?,34?;28-,29+,31?,32?,33?;/m00./s1. The van der Waals surface area contributed by atoms with Crippen LogP contribution in [0.1, 0.15) is 63.0 Å². The summed E-state index contributed by atoms with van der Waals surface area (Å²) in [4.78, 5) is 35.0. The summed E-state index contributed by atoms with van der Waals surface area (Å²) in [6, 6.07) is 67.8. The molecule has 18 heteroatoms. The molecule has 4 N–H and O–H groups in total. The van der Waals surface area contributed by atoms with Crippen LogP contribution in [0.4, 0.5) is 0 Å². The first-order valence-corrected chi connectivity index (χ1v) is 31.5. The van der Waals surface area contributed by atoms with Crippen molar-refractivity contribution in [2.45, 2.75) is 120 Å². The number of hydrogen-bond donors (Lipinski definition) is 4. The lowest BCUT2D eigenvalue weighted by Gasteiger charge is -2.45. The van der Waals surface area contributed by atoms with Crippen LogP contribution in [-0.2, 0) is 96.6 Å². The van der Waals surface area contributed by atoms with E-state index < -0.39 is 67.0 Å². The zero-order valence-electron chi connectivity index (χ0n) is 51.2. The molecule has 17 nitrogen and oxygen atoms in total. The smallest absolute Gasteiger partial charge is 0.338 e. The highest BCUT2D eigenvalue weighted by Crippen LogP contribution is 2.32. The fourth-order valence-electron chi connectivity index (χ4n) is 9.91. The maximum Gasteiger partial charge on any atom is 0.338 e. The molecule has 2 amide bonds. The Balaban J connectivity index is 0.000000231. The number of rotatable bonds is 31. The molecular weight excluding hydrogens is 1210 g/mol. The van der Waals surface area contributed by atoms with Crippen molar-refractivity contribution in [3.63, 3.8) is 0 Å². The van der Waals surface area contributed by atoms with E-state index in [9.17, 15) is 24.6 Å². The molecule has 0 radical (unpaired) electrons. The van der Waals surface area contributed by atoms with Crippen LogP contribution in [0.5, 0.6) is 0 Å². The van der Waals surface area contributed by atoms with Crippen LogP contribution in [0.2, 0.25) is 0 Å². The third kappa shape index (κ3) is 24.3. The molecule has 0 saturated carbocycles. The van der Waals surface area contributed by atoms with Crippen LogP contribution in [0.15, 0.2) is 212 Å².